The highest BCUT2D eigenvalue weighted by Crippen LogP contribution is 2.26. The lowest BCUT2D eigenvalue weighted by Gasteiger charge is -2.02. The molecule has 0 saturated heterocycles. The second-order valence-electron chi connectivity index (χ2n) is 4.51. The summed E-state index contributed by atoms with van der Waals surface area (Å²) < 4.78 is 0. The van der Waals surface area contributed by atoms with Crippen LogP contribution in [0.4, 0.5) is 0 Å². The van der Waals surface area contributed by atoms with E-state index in [4.69, 9.17) is 0 Å². The second kappa shape index (κ2) is 4.61. The first-order chi connectivity index (χ1) is 9.24. The Balaban J connectivity index is 1.99. The summed E-state index contributed by atoms with van der Waals surface area (Å²) in [6.07, 6.45) is 1.81. The van der Waals surface area contributed by atoms with E-state index in [9.17, 15) is 5.11 Å². The van der Waals surface area contributed by atoms with Crippen LogP contribution in [0.5, 0.6) is 5.75 Å². The highest BCUT2D eigenvalue weighted by molar-refractivity contribution is 5.65. The first kappa shape index (κ1) is 11.5. The van der Waals surface area contributed by atoms with E-state index in [0.29, 0.717) is 5.75 Å². The predicted octanol–water partition coefficient (Wildman–Crippen LogP) is 3.76. The molecule has 3 nitrogen and oxygen atoms in total. The van der Waals surface area contributed by atoms with Crippen molar-refractivity contribution in [3.8, 4) is 28.4 Å². The van der Waals surface area contributed by atoms with Crippen molar-refractivity contribution in [3.63, 3.8) is 0 Å². The van der Waals surface area contributed by atoms with Gasteiger partial charge in [0.2, 0.25) is 0 Å². The molecule has 0 fully saturated rings. The standard InChI is InChI=1S/C16H14N2O/c1-11-9-13(7-8-15(11)19)14-10-17-16(18-14)12-5-3-2-4-6-12/h2-10,19H,1H3,(H,17,18). The molecule has 0 atom stereocenters. The summed E-state index contributed by atoms with van der Waals surface area (Å²) in [4.78, 5) is 7.70. The summed E-state index contributed by atoms with van der Waals surface area (Å²) in [5, 5.41) is 9.55. The van der Waals surface area contributed by atoms with Gasteiger partial charge in [-0.3, -0.25) is 0 Å². The predicted molar refractivity (Wildman–Crippen MR) is 75.9 cm³/mol. The molecule has 0 spiro atoms. The van der Waals surface area contributed by atoms with E-state index in [1.54, 1.807) is 6.07 Å². The quantitative estimate of drug-likeness (QED) is 0.727. The minimum atomic E-state index is 0.312. The van der Waals surface area contributed by atoms with Gasteiger partial charge in [0, 0.05) is 11.1 Å². The van der Waals surface area contributed by atoms with Crippen LogP contribution in [0, 0.1) is 6.92 Å². The molecule has 0 aliphatic carbocycles. The van der Waals surface area contributed by atoms with Gasteiger partial charge in [0.25, 0.3) is 0 Å². The zero-order chi connectivity index (χ0) is 13.2. The van der Waals surface area contributed by atoms with Crippen LogP contribution in [0.2, 0.25) is 0 Å². The Hall–Kier alpha value is -2.55. The van der Waals surface area contributed by atoms with Crippen molar-refractivity contribution in [2.45, 2.75) is 6.92 Å². The Bertz CT molecular complexity index is 702. The van der Waals surface area contributed by atoms with Crippen molar-refractivity contribution in [1.29, 1.82) is 0 Å². The number of aromatic amines is 1. The second-order valence-corrected chi connectivity index (χ2v) is 4.51. The maximum absolute atomic E-state index is 9.55. The fraction of sp³-hybridized carbons (Fsp3) is 0.0625. The molecule has 0 unspecified atom stereocenters. The SMILES string of the molecule is Cc1cc(-c2cnc(-c3ccccc3)[nH]2)ccc1O. The normalized spacial score (nSPS) is 10.6. The monoisotopic (exact) mass is 250 g/mol. The molecule has 0 amide bonds. The van der Waals surface area contributed by atoms with Crippen LogP contribution in [0.1, 0.15) is 5.56 Å². The molecule has 0 aliphatic rings. The van der Waals surface area contributed by atoms with Gasteiger partial charge in [-0.1, -0.05) is 30.3 Å². The Morgan fingerprint density at radius 2 is 1.79 bits per heavy atom. The van der Waals surface area contributed by atoms with Crippen LogP contribution < -0.4 is 0 Å². The maximum Gasteiger partial charge on any atom is 0.137 e. The molecule has 0 saturated carbocycles. The number of aromatic hydroxyl groups is 1. The largest absolute Gasteiger partial charge is 0.508 e. The van der Waals surface area contributed by atoms with Gasteiger partial charge in [0.05, 0.1) is 11.9 Å². The molecule has 94 valence electrons. The highest BCUT2D eigenvalue weighted by atomic mass is 16.3. The van der Waals surface area contributed by atoms with Gasteiger partial charge >= 0.3 is 0 Å². The molecule has 1 heterocycles. The molecule has 3 aromatic rings. The van der Waals surface area contributed by atoms with Crippen LogP contribution in [-0.4, -0.2) is 15.1 Å². The molecule has 0 aliphatic heterocycles. The molecule has 3 heteroatoms. The van der Waals surface area contributed by atoms with E-state index >= 15 is 0 Å². The number of hydrogen-bond donors (Lipinski definition) is 2. The average Bonchev–Trinajstić information content (AvgIpc) is 2.93. The average molecular weight is 250 g/mol. The number of H-pyrrole nitrogens is 1. The Kier molecular flexibility index (Phi) is 2.80. The molecule has 0 radical (unpaired) electrons. The van der Waals surface area contributed by atoms with Gasteiger partial charge in [-0.25, -0.2) is 4.98 Å². The molecule has 2 N–H and O–H groups in total. The van der Waals surface area contributed by atoms with Crippen LogP contribution in [0.3, 0.4) is 0 Å². The van der Waals surface area contributed by atoms with E-state index in [1.165, 1.54) is 0 Å². The number of rotatable bonds is 2. The smallest absolute Gasteiger partial charge is 0.137 e. The van der Waals surface area contributed by atoms with Crippen molar-refractivity contribution in [2.75, 3.05) is 0 Å². The van der Waals surface area contributed by atoms with Crippen LogP contribution in [0.25, 0.3) is 22.6 Å². The lowest BCUT2D eigenvalue weighted by atomic mass is 10.1. The number of phenols is 1. The Morgan fingerprint density at radius 3 is 2.53 bits per heavy atom. The zero-order valence-electron chi connectivity index (χ0n) is 10.6. The van der Waals surface area contributed by atoms with Gasteiger partial charge in [0.1, 0.15) is 11.6 Å². The molecule has 1 aromatic heterocycles. The van der Waals surface area contributed by atoms with E-state index in [0.717, 1.165) is 28.2 Å². The lowest BCUT2D eigenvalue weighted by Crippen LogP contribution is -1.82. The third-order valence-electron chi connectivity index (χ3n) is 3.13. The molecule has 3 rings (SSSR count). The first-order valence-electron chi connectivity index (χ1n) is 6.14. The summed E-state index contributed by atoms with van der Waals surface area (Å²) in [6.45, 7) is 1.88. The maximum atomic E-state index is 9.55. The number of nitrogens with one attached hydrogen (secondary N) is 1. The van der Waals surface area contributed by atoms with Crippen molar-refractivity contribution in [3.05, 3.63) is 60.3 Å². The zero-order valence-corrected chi connectivity index (χ0v) is 10.6. The molecule has 2 aromatic carbocycles. The van der Waals surface area contributed by atoms with Gasteiger partial charge < -0.3 is 10.1 Å². The first-order valence-corrected chi connectivity index (χ1v) is 6.14. The van der Waals surface area contributed by atoms with Crippen molar-refractivity contribution in [2.24, 2.45) is 0 Å². The third-order valence-corrected chi connectivity index (χ3v) is 3.13. The highest BCUT2D eigenvalue weighted by Gasteiger charge is 2.06. The van der Waals surface area contributed by atoms with Crippen LogP contribution in [0.15, 0.2) is 54.7 Å². The number of benzene rings is 2. The van der Waals surface area contributed by atoms with E-state index in [-0.39, 0.29) is 0 Å². The van der Waals surface area contributed by atoms with E-state index < -0.39 is 0 Å². The molecular formula is C16H14N2O. The topological polar surface area (TPSA) is 48.9 Å². The molecule has 19 heavy (non-hydrogen) atoms. The van der Waals surface area contributed by atoms with Gasteiger partial charge in [-0.05, 0) is 30.7 Å². The molecule has 0 bridgehead atoms. The number of aryl methyl sites for hydroxylation is 1. The Morgan fingerprint density at radius 1 is 1.00 bits per heavy atom. The fourth-order valence-electron chi connectivity index (χ4n) is 2.03. The van der Waals surface area contributed by atoms with Gasteiger partial charge in [0.15, 0.2) is 0 Å². The summed E-state index contributed by atoms with van der Waals surface area (Å²) in [5.41, 5.74) is 3.88. The van der Waals surface area contributed by atoms with E-state index in [2.05, 4.69) is 9.97 Å². The number of nitrogens with zero attached hydrogens (tertiary/aromatic N) is 1. The van der Waals surface area contributed by atoms with Crippen LogP contribution >= 0.6 is 0 Å². The number of aromatic nitrogens is 2. The summed E-state index contributed by atoms with van der Waals surface area (Å²) in [6, 6.07) is 15.5. The summed E-state index contributed by atoms with van der Waals surface area (Å²) >= 11 is 0. The van der Waals surface area contributed by atoms with Gasteiger partial charge in [-0.15, -0.1) is 0 Å². The van der Waals surface area contributed by atoms with Crippen molar-refractivity contribution >= 4 is 0 Å². The minimum Gasteiger partial charge on any atom is -0.508 e. The van der Waals surface area contributed by atoms with Crippen molar-refractivity contribution in [1.82, 2.24) is 9.97 Å². The lowest BCUT2D eigenvalue weighted by molar-refractivity contribution is 0.471. The van der Waals surface area contributed by atoms with Crippen molar-refractivity contribution < 1.29 is 5.11 Å². The molecular weight excluding hydrogens is 236 g/mol. The van der Waals surface area contributed by atoms with E-state index in [1.807, 2.05) is 55.6 Å². The number of imidazole rings is 1. The summed E-state index contributed by atoms with van der Waals surface area (Å²) in [5.74, 6) is 1.16. The number of hydrogen-bond acceptors (Lipinski definition) is 2. The number of phenolic OH excluding ortho intramolecular Hbond substituents is 1. The van der Waals surface area contributed by atoms with Gasteiger partial charge in [-0.2, -0.15) is 0 Å². The minimum absolute atomic E-state index is 0.312. The third kappa shape index (κ3) is 2.22. The summed E-state index contributed by atoms with van der Waals surface area (Å²) in [7, 11) is 0. The fourth-order valence-corrected chi connectivity index (χ4v) is 2.03. The Labute approximate surface area is 111 Å². The van der Waals surface area contributed by atoms with Crippen LogP contribution in [-0.2, 0) is 0 Å².